The van der Waals surface area contributed by atoms with Crippen LogP contribution in [0.2, 0.25) is 0 Å². The van der Waals surface area contributed by atoms with Crippen LogP contribution in [-0.2, 0) is 9.59 Å². The molecule has 3 rings (SSSR count). The Morgan fingerprint density at radius 2 is 1.92 bits per heavy atom. The standard InChI is InChI=1S/C17H20N4O2S2/c1-3-14(22)21(13-9-10-13)16-18-19-17(25-16)24-11-15(23)20(2)12-7-5-4-6-8-12/h4-8,13H,3,9-11H2,1-2H3. The normalized spacial score (nSPS) is 13.5. The van der Waals surface area contributed by atoms with E-state index in [1.165, 1.54) is 23.1 Å². The summed E-state index contributed by atoms with van der Waals surface area (Å²) in [7, 11) is 1.76. The fourth-order valence-corrected chi connectivity index (χ4v) is 4.19. The second-order valence-corrected chi connectivity index (χ2v) is 7.95. The van der Waals surface area contributed by atoms with Crippen molar-refractivity contribution in [2.75, 3.05) is 22.6 Å². The fourth-order valence-electron chi connectivity index (χ4n) is 2.34. The highest BCUT2D eigenvalue weighted by molar-refractivity contribution is 8.01. The van der Waals surface area contributed by atoms with E-state index in [2.05, 4.69) is 10.2 Å². The average molecular weight is 377 g/mol. The zero-order valence-corrected chi connectivity index (χ0v) is 15.8. The number of hydrogen-bond donors (Lipinski definition) is 0. The first-order valence-electron chi connectivity index (χ1n) is 8.20. The molecular weight excluding hydrogens is 356 g/mol. The van der Waals surface area contributed by atoms with E-state index in [0.29, 0.717) is 15.9 Å². The van der Waals surface area contributed by atoms with Gasteiger partial charge in [-0.1, -0.05) is 48.2 Å². The molecule has 2 amide bonds. The van der Waals surface area contributed by atoms with Crippen molar-refractivity contribution in [2.24, 2.45) is 0 Å². The highest BCUT2D eigenvalue weighted by Crippen LogP contribution is 2.36. The summed E-state index contributed by atoms with van der Waals surface area (Å²) in [6, 6.07) is 9.79. The zero-order chi connectivity index (χ0) is 17.8. The smallest absolute Gasteiger partial charge is 0.237 e. The van der Waals surface area contributed by atoms with Gasteiger partial charge in [0.1, 0.15) is 0 Å². The van der Waals surface area contributed by atoms with Crippen molar-refractivity contribution < 1.29 is 9.59 Å². The number of carbonyl (C=O) groups excluding carboxylic acids is 2. The predicted molar refractivity (Wildman–Crippen MR) is 101 cm³/mol. The summed E-state index contributed by atoms with van der Waals surface area (Å²) in [5, 5.41) is 8.93. The molecule has 1 aliphatic carbocycles. The van der Waals surface area contributed by atoms with Gasteiger partial charge in [0.25, 0.3) is 0 Å². The Morgan fingerprint density at radius 1 is 1.20 bits per heavy atom. The monoisotopic (exact) mass is 376 g/mol. The van der Waals surface area contributed by atoms with E-state index < -0.39 is 0 Å². The minimum atomic E-state index is -0.00312. The molecule has 8 heteroatoms. The Bertz CT molecular complexity index is 746. The number of benzene rings is 1. The maximum absolute atomic E-state index is 12.3. The number of amides is 2. The number of nitrogens with zero attached hydrogens (tertiary/aromatic N) is 4. The molecule has 0 aliphatic heterocycles. The van der Waals surface area contributed by atoms with Crippen molar-refractivity contribution in [1.29, 1.82) is 0 Å². The molecule has 132 valence electrons. The zero-order valence-electron chi connectivity index (χ0n) is 14.2. The van der Waals surface area contributed by atoms with Crippen molar-refractivity contribution in [3.8, 4) is 0 Å². The molecule has 1 aromatic heterocycles. The van der Waals surface area contributed by atoms with Gasteiger partial charge in [0.2, 0.25) is 16.9 Å². The third-order valence-electron chi connectivity index (χ3n) is 3.92. The van der Waals surface area contributed by atoms with Gasteiger partial charge >= 0.3 is 0 Å². The fraction of sp³-hybridized carbons (Fsp3) is 0.412. The summed E-state index contributed by atoms with van der Waals surface area (Å²) in [6.45, 7) is 1.85. The summed E-state index contributed by atoms with van der Waals surface area (Å²) in [4.78, 5) is 27.8. The molecule has 1 aliphatic rings. The minimum absolute atomic E-state index is 0.00312. The lowest BCUT2D eigenvalue weighted by molar-refractivity contribution is -0.118. The van der Waals surface area contributed by atoms with Gasteiger partial charge in [-0.25, -0.2) is 0 Å². The van der Waals surface area contributed by atoms with Crippen LogP contribution in [0.15, 0.2) is 34.7 Å². The van der Waals surface area contributed by atoms with Crippen LogP contribution >= 0.6 is 23.1 Å². The van der Waals surface area contributed by atoms with Gasteiger partial charge in [-0.2, -0.15) is 0 Å². The molecule has 0 saturated heterocycles. The SMILES string of the molecule is CCC(=O)N(c1nnc(SCC(=O)N(C)c2ccccc2)s1)C1CC1. The van der Waals surface area contributed by atoms with Crippen LogP contribution in [0.1, 0.15) is 26.2 Å². The summed E-state index contributed by atoms with van der Waals surface area (Å²) >= 11 is 2.73. The molecular formula is C17H20N4O2S2. The van der Waals surface area contributed by atoms with E-state index in [4.69, 9.17) is 0 Å². The molecule has 0 radical (unpaired) electrons. The summed E-state index contributed by atoms with van der Waals surface area (Å²) in [5.74, 6) is 0.359. The summed E-state index contributed by atoms with van der Waals surface area (Å²) in [5.41, 5.74) is 0.861. The molecule has 0 spiro atoms. The van der Waals surface area contributed by atoms with Gasteiger partial charge in [0, 0.05) is 25.2 Å². The minimum Gasteiger partial charge on any atom is -0.315 e. The Kier molecular flexibility index (Phi) is 5.70. The van der Waals surface area contributed by atoms with E-state index in [0.717, 1.165) is 18.5 Å². The maximum atomic E-state index is 12.3. The molecule has 0 bridgehead atoms. The van der Waals surface area contributed by atoms with Gasteiger partial charge in [0.15, 0.2) is 4.34 Å². The quantitative estimate of drug-likeness (QED) is 0.548. The summed E-state index contributed by atoms with van der Waals surface area (Å²) < 4.78 is 0.708. The molecule has 1 fully saturated rings. The average Bonchev–Trinajstić information content (AvgIpc) is 3.37. The lowest BCUT2D eigenvalue weighted by Crippen LogP contribution is -2.32. The van der Waals surface area contributed by atoms with Crippen LogP contribution in [-0.4, -0.2) is 40.9 Å². The van der Waals surface area contributed by atoms with Crippen LogP contribution in [0, 0.1) is 0 Å². The molecule has 0 N–H and O–H groups in total. The van der Waals surface area contributed by atoms with E-state index >= 15 is 0 Å². The van der Waals surface area contributed by atoms with E-state index in [9.17, 15) is 9.59 Å². The van der Waals surface area contributed by atoms with Crippen LogP contribution in [0.4, 0.5) is 10.8 Å². The van der Waals surface area contributed by atoms with E-state index in [-0.39, 0.29) is 23.6 Å². The molecule has 25 heavy (non-hydrogen) atoms. The Hall–Kier alpha value is -1.93. The molecule has 1 aromatic carbocycles. The van der Waals surface area contributed by atoms with Crippen molar-refractivity contribution in [3.05, 3.63) is 30.3 Å². The van der Waals surface area contributed by atoms with Crippen molar-refractivity contribution in [2.45, 2.75) is 36.6 Å². The number of rotatable bonds is 7. The van der Waals surface area contributed by atoms with Crippen LogP contribution in [0.5, 0.6) is 0 Å². The van der Waals surface area contributed by atoms with Crippen LogP contribution in [0.3, 0.4) is 0 Å². The highest BCUT2D eigenvalue weighted by atomic mass is 32.2. The number of thioether (sulfide) groups is 1. The molecule has 0 atom stereocenters. The van der Waals surface area contributed by atoms with Crippen LogP contribution < -0.4 is 9.80 Å². The van der Waals surface area contributed by atoms with E-state index in [1.54, 1.807) is 16.8 Å². The molecule has 6 nitrogen and oxygen atoms in total. The molecule has 1 heterocycles. The Labute approximate surface area is 155 Å². The molecule has 1 saturated carbocycles. The first kappa shape index (κ1) is 17.9. The van der Waals surface area contributed by atoms with Crippen molar-refractivity contribution >= 4 is 45.7 Å². The second kappa shape index (κ2) is 7.97. The van der Waals surface area contributed by atoms with Gasteiger partial charge < -0.3 is 4.90 Å². The van der Waals surface area contributed by atoms with Gasteiger partial charge in [-0.15, -0.1) is 10.2 Å². The predicted octanol–water partition coefficient (Wildman–Crippen LogP) is 3.20. The number of hydrogen-bond acceptors (Lipinski definition) is 6. The molecule has 0 unspecified atom stereocenters. The lowest BCUT2D eigenvalue weighted by atomic mass is 10.3. The third-order valence-corrected chi connectivity index (χ3v) is 5.96. The first-order valence-corrected chi connectivity index (χ1v) is 10.00. The Balaban J connectivity index is 1.60. The first-order chi connectivity index (χ1) is 12.1. The third kappa shape index (κ3) is 4.38. The number of para-hydroxylation sites is 1. The van der Waals surface area contributed by atoms with E-state index in [1.807, 2.05) is 37.3 Å². The van der Waals surface area contributed by atoms with Crippen molar-refractivity contribution in [3.63, 3.8) is 0 Å². The number of aromatic nitrogens is 2. The van der Waals surface area contributed by atoms with Crippen molar-refractivity contribution in [1.82, 2.24) is 10.2 Å². The highest BCUT2D eigenvalue weighted by Gasteiger charge is 2.35. The van der Waals surface area contributed by atoms with Gasteiger partial charge in [0.05, 0.1) is 5.75 Å². The van der Waals surface area contributed by atoms with Gasteiger partial charge in [-0.3, -0.25) is 14.5 Å². The summed E-state index contributed by atoms with van der Waals surface area (Å²) in [6.07, 6.45) is 2.50. The molecule has 2 aromatic rings. The topological polar surface area (TPSA) is 66.4 Å². The van der Waals surface area contributed by atoms with Crippen LogP contribution in [0.25, 0.3) is 0 Å². The Morgan fingerprint density at radius 3 is 2.56 bits per heavy atom. The second-order valence-electron chi connectivity index (χ2n) is 5.78. The number of anilines is 2. The lowest BCUT2D eigenvalue weighted by Gasteiger charge is -2.17. The number of carbonyl (C=O) groups is 2. The van der Waals surface area contributed by atoms with Gasteiger partial charge in [-0.05, 0) is 25.0 Å². The maximum Gasteiger partial charge on any atom is 0.237 e. The largest absolute Gasteiger partial charge is 0.315 e.